The predicted molar refractivity (Wildman–Crippen MR) is 89.5 cm³/mol. The van der Waals surface area contributed by atoms with Crippen molar-refractivity contribution in [1.82, 2.24) is 4.90 Å². The van der Waals surface area contributed by atoms with E-state index in [1.807, 2.05) is 18.7 Å². The second kappa shape index (κ2) is 7.59. The zero-order chi connectivity index (χ0) is 17.9. The lowest BCUT2D eigenvalue weighted by atomic mass is 10.1. The fourth-order valence-corrected chi connectivity index (χ4v) is 2.92. The van der Waals surface area contributed by atoms with Crippen molar-refractivity contribution in [1.29, 1.82) is 0 Å². The van der Waals surface area contributed by atoms with Crippen LogP contribution in [-0.2, 0) is 9.53 Å². The molecular weight excluding hydrogens is 314 g/mol. The summed E-state index contributed by atoms with van der Waals surface area (Å²) >= 11 is 0. The van der Waals surface area contributed by atoms with Gasteiger partial charge in [0, 0.05) is 30.9 Å². The molecule has 1 heterocycles. The molecule has 0 unspecified atom stereocenters. The Labute approximate surface area is 140 Å². The molecule has 8 heteroatoms. The molecule has 132 valence electrons. The maximum absolute atomic E-state index is 12.3. The van der Waals surface area contributed by atoms with Crippen LogP contribution in [0.3, 0.4) is 0 Å². The Kier molecular flexibility index (Phi) is 5.74. The van der Waals surface area contributed by atoms with Crippen molar-refractivity contribution >= 4 is 17.3 Å². The van der Waals surface area contributed by atoms with Gasteiger partial charge in [0.25, 0.3) is 0 Å². The number of hydrogen-bond acceptors (Lipinski definition) is 6. The molecule has 0 radical (unpaired) electrons. The molecule has 1 N–H and O–H groups in total. The smallest absolute Gasteiger partial charge is 0.311 e. The molecule has 1 aliphatic rings. The Bertz CT molecular complexity index is 624. The number of anilines is 1. The van der Waals surface area contributed by atoms with Crippen molar-refractivity contribution in [2.45, 2.75) is 33.0 Å². The van der Waals surface area contributed by atoms with E-state index in [0.717, 1.165) is 0 Å². The number of nitrogens with zero attached hydrogens (tertiary/aromatic N) is 2. The summed E-state index contributed by atoms with van der Waals surface area (Å²) in [5.41, 5.74) is 1.00. The number of amides is 1. The normalized spacial score (nSPS) is 21.3. The molecule has 0 saturated carbocycles. The van der Waals surface area contributed by atoms with Crippen LogP contribution < -0.4 is 10.1 Å². The first-order valence-corrected chi connectivity index (χ1v) is 7.80. The number of benzene rings is 1. The lowest BCUT2D eigenvalue weighted by Gasteiger charge is -2.34. The lowest BCUT2D eigenvalue weighted by Crippen LogP contribution is -2.48. The Morgan fingerprint density at radius 3 is 2.58 bits per heavy atom. The predicted octanol–water partition coefficient (Wildman–Crippen LogP) is 1.96. The summed E-state index contributed by atoms with van der Waals surface area (Å²) < 4.78 is 10.7. The first kappa shape index (κ1) is 18.2. The fraction of sp³-hybridized carbons (Fsp3) is 0.562. The highest BCUT2D eigenvalue weighted by molar-refractivity contribution is 5.93. The minimum Gasteiger partial charge on any atom is -0.490 e. The Hall–Kier alpha value is -2.19. The number of nitro benzene ring substituents is 1. The molecule has 0 aliphatic carbocycles. The van der Waals surface area contributed by atoms with Gasteiger partial charge in [0.05, 0.1) is 30.8 Å². The highest BCUT2D eigenvalue weighted by Gasteiger charge is 2.24. The third-order valence-electron chi connectivity index (χ3n) is 3.86. The summed E-state index contributed by atoms with van der Waals surface area (Å²) in [5.74, 6) is -0.0511. The molecule has 1 aromatic rings. The van der Waals surface area contributed by atoms with Crippen molar-refractivity contribution < 1.29 is 19.2 Å². The molecule has 1 saturated heterocycles. The van der Waals surface area contributed by atoms with Crippen LogP contribution in [0.2, 0.25) is 0 Å². The van der Waals surface area contributed by atoms with Crippen molar-refractivity contribution in [2.75, 3.05) is 32.1 Å². The van der Waals surface area contributed by atoms with Crippen LogP contribution >= 0.6 is 0 Å². The van der Waals surface area contributed by atoms with E-state index in [9.17, 15) is 14.9 Å². The van der Waals surface area contributed by atoms with E-state index in [1.165, 1.54) is 19.2 Å². The van der Waals surface area contributed by atoms with Gasteiger partial charge in [-0.25, -0.2) is 0 Å². The zero-order valence-electron chi connectivity index (χ0n) is 14.4. The fourth-order valence-electron chi connectivity index (χ4n) is 2.92. The topological polar surface area (TPSA) is 93.9 Å². The number of rotatable bonds is 5. The van der Waals surface area contributed by atoms with Gasteiger partial charge in [-0.1, -0.05) is 0 Å². The summed E-state index contributed by atoms with van der Waals surface area (Å²) in [6, 6.07) is 2.88. The maximum Gasteiger partial charge on any atom is 0.311 e. The lowest BCUT2D eigenvalue weighted by molar-refractivity contribution is -0.385. The Morgan fingerprint density at radius 2 is 2.04 bits per heavy atom. The molecule has 1 amide bonds. The van der Waals surface area contributed by atoms with Gasteiger partial charge in [0.2, 0.25) is 5.91 Å². The molecule has 1 fully saturated rings. The molecule has 2 rings (SSSR count). The second-order valence-electron chi connectivity index (χ2n) is 6.10. The number of aryl methyl sites for hydroxylation is 1. The van der Waals surface area contributed by atoms with Gasteiger partial charge < -0.3 is 14.8 Å². The third kappa shape index (κ3) is 4.42. The summed E-state index contributed by atoms with van der Waals surface area (Å²) in [6.45, 7) is 7.30. The van der Waals surface area contributed by atoms with Gasteiger partial charge in [-0.15, -0.1) is 0 Å². The van der Waals surface area contributed by atoms with E-state index in [0.29, 0.717) is 24.3 Å². The number of ether oxygens (including phenoxy) is 2. The standard InChI is InChI=1S/C16H23N3O5/c1-10-5-14(19(21)22)15(23-4)6-13(10)17-16(20)9-18-7-11(2)24-12(3)8-18/h5-6,11-12H,7-9H2,1-4H3,(H,17,20)/t11-,12-/m0/s1. The van der Waals surface area contributed by atoms with Gasteiger partial charge in [-0.3, -0.25) is 19.8 Å². The average Bonchev–Trinajstić information content (AvgIpc) is 2.47. The second-order valence-corrected chi connectivity index (χ2v) is 6.10. The van der Waals surface area contributed by atoms with Crippen molar-refractivity contribution in [3.63, 3.8) is 0 Å². The van der Waals surface area contributed by atoms with Gasteiger partial charge in [-0.05, 0) is 26.3 Å². The minimum absolute atomic E-state index is 0.0859. The van der Waals surface area contributed by atoms with Gasteiger partial charge in [-0.2, -0.15) is 0 Å². The number of nitro groups is 1. The Balaban J connectivity index is 2.07. The van der Waals surface area contributed by atoms with Crippen molar-refractivity contribution in [2.24, 2.45) is 0 Å². The highest BCUT2D eigenvalue weighted by Crippen LogP contribution is 2.32. The number of carbonyl (C=O) groups excluding carboxylic acids is 1. The minimum atomic E-state index is -0.506. The molecule has 0 spiro atoms. The largest absolute Gasteiger partial charge is 0.490 e. The summed E-state index contributed by atoms with van der Waals surface area (Å²) in [7, 11) is 1.36. The van der Waals surface area contributed by atoms with E-state index in [-0.39, 0.29) is 36.1 Å². The van der Waals surface area contributed by atoms with E-state index in [4.69, 9.17) is 9.47 Å². The van der Waals surface area contributed by atoms with E-state index in [2.05, 4.69) is 5.32 Å². The molecule has 24 heavy (non-hydrogen) atoms. The molecule has 0 aromatic heterocycles. The quantitative estimate of drug-likeness (QED) is 0.652. The van der Waals surface area contributed by atoms with Gasteiger partial charge >= 0.3 is 5.69 Å². The van der Waals surface area contributed by atoms with Crippen LogP contribution in [0.1, 0.15) is 19.4 Å². The molecular formula is C16H23N3O5. The molecule has 0 bridgehead atoms. The monoisotopic (exact) mass is 337 g/mol. The maximum atomic E-state index is 12.3. The Morgan fingerprint density at radius 1 is 1.42 bits per heavy atom. The van der Waals surface area contributed by atoms with Crippen molar-refractivity contribution in [3.05, 3.63) is 27.8 Å². The van der Waals surface area contributed by atoms with Crippen LogP contribution in [0.15, 0.2) is 12.1 Å². The SMILES string of the molecule is COc1cc(NC(=O)CN2C[C@H](C)O[C@@H](C)C2)c(C)cc1[N+](=O)[O-]. The molecule has 1 aliphatic heterocycles. The summed E-state index contributed by atoms with van der Waals surface area (Å²) in [6.07, 6.45) is 0.172. The highest BCUT2D eigenvalue weighted by atomic mass is 16.6. The summed E-state index contributed by atoms with van der Waals surface area (Å²) in [4.78, 5) is 24.8. The van der Waals surface area contributed by atoms with Crippen LogP contribution in [0, 0.1) is 17.0 Å². The first-order chi connectivity index (χ1) is 11.3. The van der Waals surface area contributed by atoms with Gasteiger partial charge in [0.1, 0.15) is 0 Å². The van der Waals surface area contributed by atoms with E-state index in [1.54, 1.807) is 6.92 Å². The first-order valence-electron chi connectivity index (χ1n) is 7.80. The number of carbonyl (C=O) groups is 1. The summed E-state index contributed by atoms with van der Waals surface area (Å²) in [5, 5.41) is 13.8. The van der Waals surface area contributed by atoms with E-state index < -0.39 is 4.92 Å². The number of morpholine rings is 1. The van der Waals surface area contributed by atoms with Crippen LogP contribution in [0.5, 0.6) is 5.75 Å². The number of hydrogen-bond donors (Lipinski definition) is 1. The molecule has 2 atom stereocenters. The van der Waals surface area contributed by atoms with Crippen LogP contribution in [-0.4, -0.2) is 54.7 Å². The van der Waals surface area contributed by atoms with Gasteiger partial charge in [0.15, 0.2) is 5.75 Å². The van der Waals surface area contributed by atoms with Crippen LogP contribution in [0.25, 0.3) is 0 Å². The molecule has 1 aromatic carbocycles. The van der Waals surface area contributed by atoms with Crippen molar-refractivity contribution in [3.8, 4) is 5.75 Å². The number of nitrogens with one attached hydrogen (secondary N) is 1. The molecule has 8 nitrogen and oxygen atoms in total. The average molecular weight is 337 g/mol. The van der Waals surface area contributed by atoms with Crippen LogP contribution in [0.4, 0.5) is 11.4 Å². The zero-order valence-corrected chi connectivity index (χ0v) is 14.4. The third-order valence-corrected chi connectivity index (χ3v) is 3.86. The van der Waals surface area contributed by atoms with E-state index >= 15 is 0 Å². The number of methoxy groups -OCH3 is 1.